The summed E-state index contributed by atoms with van der Waals surface area (Å²) >= 11 is 0. The molecule has 1 heterocycles. The molecule has 11 nitrogen and oxygen atoms in total. The fourth-order valence-electron chi connectivity index (χ4n) is 3.65. The third kappa shape index (κ3) is 4.30. The SMILES string of the molecule is CC(=O)O[C@@](C(C)=O)(C(=O)C(C)=O)C(Oc1cc2ccccc2o1)(C(C)=O)C(O)C(O)CO. The van der Waals surface area contributed by atoms with Crippen LogP contribution < -0.4 is 4.74 Å². The fourth-order valence-corrected chi connectivity index (χ4v) is 3.65. The normalized spacial score (nSPS) is 16.7. The van der Waals surface area contributed by atoms with E-state index in [0.29, 0.717) is 5.39 Å². The van der Waals surface area contributed by atoms with Crippen LogP contribution >= 0.6 is 0 Å². The highest BCUT2D eigenvalue weighted by Gasteiger charge is 2.73. The van der Waals surface area contributed by atoms with E-state index < -0.39 is 65.1 Å². The van der Waals surface area contributed by atoms with Crippen LogP contribution in [0.5, 0.6) is 5.95 Å². The number of fused-ring (bicyclic) bond motifs is 1. The van der Waals surface area contributed by atoms with E-state index in [1.165, 1.54) is 12.1 Å². The molecule has 178 valence electrons. The number of carbonyl (C=O) groups excluding carboxylic acids is 5. The van der Waals surface area contributed by atoms with Crippen LogP contribution in [0.2, 0.25) is 0 Å². The molecule has 2 rings (SSSR count). The van der Waals surface area contributed by atoms with Gasteiger partial charge >= 0.3 is 5.97 Å². The molecule has 0 spiro atoms. The number of esters is 1. The molecule has 0 aliphatic heterocycles. The van der Waals surface area contributed by atoms with Crippen molar-refractivity contribution in [2.24, 2.45) is 0 Å². The Morgan fingerprint density at radius 2 is 1.61 bits per heavy atom. The number of hydrogen-bond donors (Lipinski definition) is 3. The lowest BCUT2D eigenvalue weighted by Gasteiger charge is -2.46. The highest BCUT2D eigenvalue weighted by atomic mass is 16.6. The van der Waals surface area contributed by atoms with E-state index in [0.717, 1.165) is 27.7 Å². The second-order valence-corrected chi connectivity index (χ2v) is 7.41. The molecule has 3 N–H and O–H groups in total. The smallest absolute Gasteiger partial charge is 0.304 e. The number of furan rings is 1. The second kappa shape index (κ2) is 9.61. The van der Waals surface area contributed by atoms with Gasteiger partial charge in [-0.05, 0) is 19.9 Å². The summed E-state index contributed by atoms with van der Waals surface area (Å²) < 4.78 is 16.1. The average Bonchev–Trinajstić information content (AvgIpc) is 3.16. The number of ether oxygens (including phenoxy) is 2. The highest BCUT2D eigenvalue weighted by molar-refractivity contribution is 6.45. The lowest BCUT2D eigenvalue weighted by atomic mass is 9.68. The number of aliphatic hydroxyl groups is 3. The van der Waals surface area contributed by atoms with Crippen LogP contribution in [-0.4, -0.2) is 74.4 Å². The van der Waals surface area contributed by atoms with Crippen LogP contribution in [0.1, 0.15) is 27.7 Å². The van der Waals surface area contributed by atoms with Gasteiger partial charge in [0, 0.05) is 25.3 Å². The van der Waals surface area contributed by atoms with E-state index in [1.807, 2.05) is 0 Å². The van der Waals surface area contributed by atoms with Crippen molar-refractivity contribution in [2.75, 3.05) is 6.61 Å². The molecule has 0 saturated heterocycles. The number of ketones is 4. The summed E-state index contributed by atoms with van der Waals surface area (Å²) in [6, 6.07) is 7.66. The Morgan fingerprint density at radius 3 is 2.06 bits per heavy atom. The Kier molecular flexibility index (Phi) is 7.53. The minimum atomic E-state index is -3.36. The van der Waals surface area contributed by atoms with Gasteiger partial charge in [0.2, 0.25) is 0 Å². The Hall–Kier alpha value is -3.41. The Bertz CT molecular complexity index is 1070. The van der Waals surface area contributed by atoms with Crippen LogP contribution in [0.3, 0.4) is 0 Å². The topological polar surface area (TPSA) is 178 Å². The standard InChI is InChI=1S/C22H24O11/c1-11(24)19(29)21(12(2)25,32-14(4)27)22(13(3)26,20(30)16(28)10-23)33-18-9-15-7-5-6-8-17(15)31-18/h5-9,16,20,23,28,30H,10H2,1-4H3/t16?,20?,21-,22?/m0/s1. The van der Waals surface area contributed by atoms with E-state index in [2.05, 4.69) is 0 Å². The third-order valence-corrected chi connectivity index (χ3v) is 5.11. The van der Waals surface area contributed by atoms with Gasteiger partial charge in [-0.25, -0.2) is 0 Å². The fraction of sp³-hybridized carbons (Fsp3) is 0.409. The van der Waals surface area contributed by atoms with Crippen LogP contribution in [0.4, 0.5) is 0 Å². The van der Waals surface area contributed by atoms with E-state index in [-0.39, 0.29) is 5.58 Å². The number of Topliss-reactive ketones (excluding diaryl/α,β-unsaturated/α-hetero) is 4. The molecule has 0 fully saturated rings. The first-order valence-electron chi connectivity index (χ1n) is 9.76. The van der Waals surface area contributed by atoms with Gasteiger partial charge < -0.3 is 29.2 Å². The van der Waals surface area contributed by atoms with Crippen LogP contribution in [0.25, 0.3) is 11.0 Å². The van der Waals surface area contributed by atoms with Gasteiger partial charge in [0.15, 0.2) is 17.3 Å². The summed E-state index contributed by atoms with van der Waals surface area (Å²) in [6.45, 7) is 1.92. The summed E-state index contributed by atoms with van der Waals surface area (Å²) in [5.74, 6) is -7.42. The molecule has 3 unspecified atom stereocenters. The zero-order valence-electron chi connectivity index (χ0n) is 18.4. The third-order valence-electron chi connectivity index (χ3n) is 5.11. The van der Waals surface area contributed by atoms with E-state index in [9.17, 15) is 39.3 Å². The summed E-state index contributed by atoms with van der Waals surface area (Å²) in [5, 5.41) is 31.1. The molecular weight excluding hydrogens is 440 g/mol. The first-order valence-corrected chi connectivity index (χ1v) is 9.76. The van der Waals surface area contributed by atoms with Crippen molar-refractivity contribution in [3.63, 3.8) is 0 Å². The number of benzene rings is 1. The summed E-state index contributed by atoms with van der Waals surface area (Å²) in [4.78, 5) is 63.2. The summed E-state index contributed by atoms with van der Waals surface area (Å²) in [7, 11) is 0. The van der Waals surface area contributed by atoms with Gasteiger partial charge in [0.05, 0.1) is 6.61 Å². The maximum absolute atomic E-state index is 13.1. The monoisotopic (exact) mass is 464 g/mol. The maximum atomic E-state index is 13.1. The van der Waals surface area contributed by atoms with E-state index in [4.69, 9.17) is 13.9 Å². The largest absolute Gasteiger partial charge is 0.442 e. The van der Waals surface area contributed by atoms with Gasteiger partial charge in [-0.2, -0.15) is 0 Å². The lowest BCUT2D eigenvalue weighted by Crippen LogP contribution is -2.78. The zero-order valence-corrected chi connectivity index (χ0v) is 18.4. The van der Waals surface area contributed by atoms with Crippen molar-refractivity contribution in [1.29, 1.82) is 0 Å². The van der Waals surface area contributed by atoms with Gasteiger partial charge in [-0.3, -0.25) is 24.0 Å². The number of rotatable bonds is 11. The van der Waals surface area contributed by atoms with Crippen molar-refractivity contribution in [1.82, 2.24) is 0 Å². The Balaban J connectivity index is 2.98. The van der Waals surface area contributed by atoms with Gasteiger partial charge in [0.1, 0.15) is 17.8 Å². The molecule has 2 aromatic rings. The molecule has 1 aromatic heterocycles. The first-order chi connectivity index (χ1) is 15.3. The molecule has 1 aromatic carbocycles. The minimum absolute atomic E-state index is 0.251. The number of hydrogen-bond acceptors (Lipinski definition) is 11. The maximum Gasteiger partial charge on any atom is 0.304 e. The summed E-state index contributed by atoms with van der Waals surface area (Å²) in [5.41, 5.74) is -6.32. The number of para-hydroxylation sites is 1. The minimum Gasteiger partial charge on any atom is -0.442 e. The molecule has 33 heavy (non-hydrogen) atoms. The highest BCUT2D eigenvalue weighted by Crippen LogP contribution is 2.40. The molecule has 0 radical (unpaired) electrons. The predicted octanol–water partition coefficient (Wildman–Crippen LogP) is -0.0975. The molecule has 11 heteroatoms. The predicted molar refractivity (Wildman–Crippen MR) is 110 cm³/mol. The van der Waals surface area contributed by atoms with Crippen LogP contribution in [-0.2, 0) is 28.7 Å². The molecular formula is C22H24O11. The zero-order chi connectivity index (χ0) is 25.1. The van der Waals surface area contributed by atoms with Gasteiger partial charge in [0.25, 0.3) is 22.9 Å². The van der Waals surface area contributed by atoms with Crippen LogP contribution in [0, 0.1) is 0 Å². The molecule has 0 saturated carbocycles. The average molecular weight is 464 g/mol. The molecule has 0 amide bonds. The van der Waals surface area contributed by atoms with Crippen molar-refractivity contribution in [2.45, 2.75) is 51.1 Å². The molecule has 0 aliphatic carbocycles. The van der Waals surface area contributed by atoms with E-state index in [1.54, 1.807) is 18.2 Å². The first kappa shape index (κ1) is 25.8. The van der Waals surface area contributed by atoms with Crippen molar-refractivity contribution in [3.8, 4) is 5.95 Å². The van der Waals surface area contributed by atoms with Crippen molar-refractivity contribution < 1.29 is 53.2 Å². The van der Waals surface area contributed by atoms with E-state index >= 15 is 0 Å². The summed E-state index contributed by atoms with van der Waals surface area (Å²) in [6.07, 6.45) is -4.72. The van der Waals surface area contributed by atoms with Crippen LogP contribution in [0.15, 0.2) is 34.7 Å². The number of carbonyl (C=O) groups is 5. The Morgan fingerprint density at radius 1 is 1.00 bits per heavy atom. The number of aliphatic hydroxyl groups excluding tert-OH is 3. The molecule has 0 aliphatic rings. The van der Waals surface area contributed by atoms with Gasteiger partial charge in [-0.15, -0.1) is 0 Å². The lowest BCUT2D eigenvalue weighted by molar-refractivity contribution is -0.221. The van der Waals surface area contributed by atoms with Crippen molar-refractivity contribution >= 4 is 40.1 Å². The molecule has 0 bridgehead atoms. The quantitative estimate of drug-likeness (QED) is 0.230. The Labute approximate surface area is 187 Å². The van der Waals surface area contributed by atoms with Gasteiger partial charge in [-0.1, -0.05) is 18.2 Å². The van der Waals surface area contributed by atoms with Crippen molar-refractivity contribution in [3.05, 3.63) is 30.3 Å². The second-order valence-electron chi connectivity index (χ2n) is 7.41. The molecule has 4 atom stereocenters.